The second-order valence-electron chi connectivity index (χ2n) is 8.48. The maximum Gasteiger partial charge on any atom is 0.338 e. The highest BCUT2D eigenvalue weighted by atomic mass is 35.5. The van der Waals surface area contributed by atoms with Gasteiger partial charge in [-0.25, -0.2) is 4.79 Å². The molecule has 1 N–H and O–H groups in total. The molecule has 38 heavy (non-hydrogen) atoms. The maximum atomic E-state index is 13.1. The molecule has 0 spiro atoms. The van der Waals surface area contributed by atoms with Crippen molar-refractivity contribution in [2.45, 2.75) is 6.92 Å². The smallest absolute Gasteiger partial charge is 0.338 e. The molecule has 196 valence electrons. The van der Waals surface area contributed by atoms with Crippen molar-refractivity contribution < 1.29 is 24.0 Å². The van der Waals surface area contributed by atoms with Crippen LogP contribution < -0.4 is 10.2 Å². The second-order valence-corrected chi connectivity index (χ2v) is 8.88. The van der Waals surface area contributed by atoms with E-state index in [2.05, 4.69) is 5.32 Å². The first-order valence-electron chi connectivity index (χ1n) is 11.9. The van der Waals surface area contributed by atoms with Crippen molar-refractivity contribution >= 4 is 46.4 Å². The van der Waals surface area contributed by atoms with Crippen LogP contribution in [0.5, 0.6) is 0 Å². The third-order valence-electron chi connectivity index (χ3n) is 6.09. The van der Waals surface area contributed by atoms with Gasteiger partial charge in [0, 0.05) is 43.4 Å². The van der Waals surface area contributed by atoms with Crippen LogP contribution in [0.4, 0.5) is 17.1 Å². The molecular weight excluding hydrogens is 512 g/mol. The minimum atomic E-state index is -0.665. The molecule has 0 saturated carbocycles. The fourth-order valence-electron chi connectivity index (χ4n) is 4.16. The molecule has 0 unspecified atom stereocenters. The first kappa shape index (κ1) is 26.6. The van der Waals surface area contributed by atoms with E-state index in [9.17, 15) is 24.5 Å². The molecule has 0 bridgehead atoms. The summed E-state index contributed by atoms with van der Waals surface area (Å²) in [5.74, 6) is -1.21. The van der Waals surface area contributed by atoms with Crippen molar-refractivity contribution in [1.29, 1.82) is 0 Å². The number of benzene rings is 3. The Hall–Kier alpha value is -4.44. The van der Waals surface area contributed by atoms with Crippen LogP contribution in [0, 0.1) is 10.1 Å². The first-order valence-corrected chi connectivity index (χ1v) is 12.3. The lowest BCUT2D eigenvalue weighted by Crippen LogP contribution is -2.49. The fraction of sp³-hybridized carbons (Fsp3) is 0.222. The SMILES string of the molecule is CCOC(=O)c1ccc(N2CCN(C(=O)c3ccccc3)CC2)c(NC(=O)c2ccc(Cl)c([N+](=O)[O-])c2)c1. The number of nitro benzene ring substituents is 1. The van der Waals surface area contributed by atoms with E-state index in [0.29, 0.717) is 43.1 Å². The summed E-state index contributed by atoms with van der Waals surface area (Å²) < 4.78 is 5.10. The Balaban J connectivity index is 1.58. The highest BCUT2D eigenvalue weighted by molar-refractivity contribution is 6.32. The first-order chi connectivity index (χ1) is 18.3. The van der Waals surface area contributed by atoms with Crippen molar-refractivity contribution in [2.75, 3.05) is 43.0 Å². The van der Waals surface area contributed by atoms with Gasteiger partial charge in [-0.05, 0) is 49.4 Å². The van der Waals surface area contributed by atoms with E-state index in [1.807, 2.05) is 23.1 Å². The molecule has 1 fully saturated rings. The average Bonchev–Trinajstić information content (AvgIpc) is 2.93. The number of carbonyl (C=O) groups is 3. The van der Waals surface area contributed by atoms with Gasteiger partial charge in [0.2, 0.25) is 0 Å². The zero-order chi connectivity index (χ0) is 27.2. The number of hydrogen-bond acceptors (Lipinski definition) is 7. The minimum absolute atomic E-state index is 0.0341. The predicted molar refractivity (Wildman–Crippen MR) is 143 cm³/mol. The number of anilines is 2. The van der Waals surface area contributed by atoms with E-state index < -0.39 is 16.8 Å². The molecule has 3 aromatic carbocycles. The lowest BCUT2D eigenvalue weighted by atomic mass is 10.1. The Morgan fingerprint density at radius 3 is 2.29 bits per heavy atom. The van der Waals surface area contributed by atoms with Crippen LogP contribution in [-0.2, 0) is 4.74 Å². The Bertz CT molecular complexity index is 1370. The summed E-state index contributed by atoms with van der Waals surface area (Å²) in [6.45, 7) is 3.79. The molecule has 0 aromatic heterocycles. The molecule has 0 aliphatic carbocycles. The predicted octanol–water partition coefficient (Wildman–Crippen LogP) is 4.64. The van der Waals surface area contributed by atoms with Gasteiger partial charge in [0.1, 0.15) is 5.02 Å². The minimum Gasteiger partial charge on any atom is -0.462 e. The molecule has 1 aliphatic heterocycles. The summed E-state index contributed by atoms with van der Waals surface area (Å²) in [6.07, 6.45) is 0. The Morgan fingerprint density at radius 2 is 1.63 bits per heavy atom. The van der Waals surface area contributed by atoms with Crippen LogP contribution in [-0.4, -0.2) is 60.4 Å². The number of nitrogens with one attached hydrogen (secondary N) is 1. The van der Waals surface area contributed by atoms with Gasteiger partial charge in [0.15, 0.2) is 0 Å². The molecule has 1 heterocycles. The monoisotopic (exact) mass is 536 g/mol. The number of halogens is 1. The summed E-state index contributed by atoms with van der Waals surface area (Å²) in [5, 5.41) is 14.0. The van der Waals surface area contributed by atoms with E-state index in [-0.39, 0.29) is 34.4 Å². The summed E-state index contributed by atoms with van der Waals surface area (Å²) in [5.41, 5.74) is 1.48. The van der Waals surface area contributed by atoms with Crippen molar-refractivity contribution in [3.8, 4) is 0 Å². The average molecular weight is 537 g/mol. The molecule has 1 saturated heterocycles. The third-order valence-corrected chi connectivity index (χ3v) is 6.41. The van der Waals surface area contributed by atoms with Crippen LogP contribution in [0.15, 0.2) is 66.7 Å². The third kappa shape index (κ3) is 5.92. The van der Waals surface area contributed by atoms with Gasteiger partial charge in [-0.3, -0.25) is 19.7 Å². The lowest BCUT2D eigenvalue weighted by Gasteiger charge is -2.37. The standard InChI is InChI=1S/C27H25ClN4O6/c1-2-38-27(35)20-9-11-23(30-12-14-31(15-13-30)26(34)18-6-4-3-5-7-18)22(16-20)29-25(33)19-8-10-21(28)24(17-19)32(36)37/h3-11,16-17H,2,12-15H2,1H3,(H,29,33). The normalized spacial score (nSPS) is 13.1. The zero-order valence-corrected chi connectivity index (χ0v) is 21.3. The summed E-state index contributed by atoms with van der Waals surface area (Å²) in [7, 11) is 0. The topological polar surface area (TPSA) is 122 Å². The van der Waals surface area contributed by atoms with Gasteiger partial charge in [-0.15, -0.1) is 0 Å². The number of hydrogen-bond donors (Lipinski definition) is 1. The Labute approximate surface area is 223 Å². The molecule has 2 amide bonds. The van der Waals surface area contributed by atoms with Gasteiger partial charge in [-0.2, -0.15) is 0 Å². The van der Waals surface area contributed by atoms with E-state index >= 15 is 0 Å². The van der Waals surface area contributed by atoms with Crippen LogP contribution in [0.25, 0.3) is 0 Å². The fourth-order valence-corrected chi connectivity index (χ4v) is 4.34. The van der Waals surface area contributed by atoms with Crippen molar-refractivity contribution in [3.05, 3.63) is 98.6 Å². The van der Waals surface area contributed by atoms with Crippen LogP contribution in [0.1, 0.15) is 38.0 Å². The van der Waals surface area contributed by atoms with Crippen molar-refractivity contribution in [3.63, 3.8) is 0 Å². The number of amides is 2. The van der Waals surface area contributed by atoms with E-state index in [4.69, 9.17) is 16.3 Å². The van der Waals surface area contributed by atoms with Gasteiger partial charge >= 0.3 is 5.97 Å². The molecule has 11 heteroatoms. The van der Waals surface area contributed by atoms with Crippen LogP contribution in [0.2, 0.25) is 5.02 Å². The largest absolute Gasteiger partial charge is 0.462 e. The summed E-state index contributed by atoms with van der Waals surface area (Å²) in [4.78, 5) is 52.6. The molecule has 1 aliphatic rings. The summed E-state index contributed by atoms with van der Waals surface area (Å²) >= 11 is 5.88. The Kier molecular flexibility index (Phi) is 8.22. The highest BCUT2D eigenvalue weighted by Crippen LogP contribution is 2.31. The molecule has 4 rings (SSSR count). The highest BCUT2D eigenvalue weighted by Gasteiger charge is 2.25. The number of carbonyl (C=O) groups excluding carboxylic acids is 3. The van der Waals surface area contributed by atoms with Gasteiger partial charge in [-0.1, -0.05) is 29.8 Å². The summed E-state index contributed by atoms with van der Waals surface area (Å²) in [6, 6.07) is 17.6. The van der Waals surface area contributed by atoms with E-state index in [1.165, 1.54) is 18.2 Å². The molecule has 3 aromatic rings. The number of nitro groups is 1. The van der Waals surface area contributed by atoms with E-state index in [0.717, 1.165) is 6.07 Å². The Morgan fingerprint density at radius 1 is 0.947 bits per heavy atom. The molecule has 10 nitrogen and oxygen atoms in total. The maximum absolute atomic E-state index is 13.1. The van der Waals surface area contributed by atoms with Crippen LogP contribution in [0.3, 0.4) is 0 Å². The quantitative estimate of drug-likeness (QED) is 0.265. The molecular formula is C27H25ClN4O6. The van der Waals surface area contributed by atoms with Gasteiger partial charge in [0.25, 0.3) is 17.5 Å². The van der Waals surface area contributed by atoms with Gasteiger partial charge in [0.05, 0.1) is 28.5 Å². The molecule has 0 radical (unpaired) electrons. The van der Waals surface area contributed by atoms with Gasteiger partial charge < -0.3 is 19.9 Å². The van der Waals surface area contributed by atoms with Crippen molar-refractivity contribution in [1.82, 2.24) is 4.90 Å². The number of ether oxygens (including phenoxy) is 1. The number of nitrogens with zero attached hydrogens (tertiary/aromatic N) is 3. The second kappa shape index (κ2) is 11.7. The zero-order valence-electron chi connectivity index (χ0n) is 20.6. The lowest BCUT2D eigenvalue weighted by molar-refractivity contribution is -0.384. The van der Waals surface area contributed by atoms with Crippen LogP contribution >= 0.6 is 11.6 Å². The number of esters is 1. The van der Waals surface area contributed by atoms with Crippen molar-refractivity contribution in [2.24, 2.45) is 0 Å². The van der Waals surface area contributed by atoms with E-state index in [1.54, 1.807) is 36.1 Å². The molecule has 0 atom stereocenters. The number of piperazine rings is 1. The number of rotatable bonds is 7.